The van der Waals surface area contributed by atoms with Crippen molar-refractivity contribution in [2.75, 3.05) is 6.61 Å². The number of carbonyl (C=O) groups is 2. The first-order valence-corrected chi connectivity index (χ1v) is 5.10. The molecule has 0 unspecified atom stereocenters. The molecular weight excluding hydrogens is 232 g/mol. The van der Waals surface area contributed by atoms with Crippen LogP contribution in [0.4, 0.5) is 0 Å². The van der Waals surface area contributed by atoms with E-state index in [4.69, 9.17) is 21.4 Å². The summed E-state index contributed by atoms with van der Waals surface area (Å²) in [5, 5.41) is 8.88. The van der Waals surface area contributed by atoms with Crippen LogP contribution in [-0.4, -0.2) is 24.0 Å². The van der Waals surface area contributed by atoms with Gasteiger partial charge in [-0.1, -0.05) is 11.6 Å². The van der Waals surface area contributed by atoms with Crippen LogP contribution < -0.4 is 4.74 Å². The van der Waals surface area contributed by atoms with Crippen molar-refractivity contribution in [3.63, 3.8) is 0 Å². The number of aldehydes is 1. The van der Waals surface area contributed by atoms with Gasteiger partial charge in [0.25, 0.3) is 0 Å². The van der Waals surface area contributed by atoms with Crippen molar-refractivity contribution in [1.82, 2.24) is 0 Å². The second kappa shape index (κ2) is 6.12. The Morgan fingerprint density at radius 2 is 2.25 bits per heavy atom. The average Bonchev–Trinajstić information content (AvgIpc) is 2.25. The van der Waals surface area contributed by atoms with Crippen LogP contribution in [0.25, 0.3) is 0 Å². The van der Waals surface area contributed by atoms with Crippen LogP contribution in [0.5, 0.6) is 5.75 Å². The van der Waals surface area contributed by atoms with Crippen molar-refractivity contribution in [3.05, 3.63) is 28.8 Å². The van der Waals surface area contributed by atoms with Gasteiger partial charge < -0.3 is 9.84 Å². The summed E-state index contributed by atoms with van der Waals surface area (Å²) in [5.74, 6) is -0.444. The van der Waals surface area contributed by atoms with Gasteiger partial charge in [-0.3, -0.25) is 9.59 Å². The Balaban J connectivity index is 2.53. The quantitative estimate of drug-likeness (QED) is 0.615. The minimum Gasteiger partial charge on any atom is -0.493 e. The number of ether oxygens (including phenoxy) is 1. The lowest BCUT2D eigenvalue weighted by Gasteiger charge is -2.07. The summed E-state index contributed by atoms with van der Waals surface area (Å²) in [5.41, 5.74) is 0.364. The minimum atomic E-state index is -0.865. The summed E-state index contributed by atoms with van der Waals surface area (Å²) in [6.07, 6.45) is 1.10. The molecule has 0 fully saturated rings. The second-order valence-electron chi connectivity index (χ2n) is 3.15. The highest BCUT2D eigenvalue weighted by Crippen LogP contribution is 2.21. The second-order valence-corrected chi connectivity index (χ2v) is 3.58. The molecule has 0 aromatic heterocycles. The van der Waals surface area contributed by atoms with E-state index >= 15 is 0 Å². The number of carbonyl (C=O) groups excluding carboxylic acids is 1. The van der Waals surface area contributed by atoms with Crippen molar-refractivity contribution < 1.29 is 19.4 Å². The first kappa shape index (κ1) is 12.5. The van der Waals surface area contributed by atoms with Crippen molar-refractivity contribution in [1.29, 1.82) is 0 Å². The third kappa shape index (κ3) is 3.90. The lowest BCUT2D eigenvalue weighted by Crippen LogP contribution is -2.03. The van der Waals surface area contributed by atoms with E-state index in [-0.39, 0.29) is 13.0 Å². The van der Waals surface area contributed by atoms with Gasteiger partial charge in [0.05, 0.1) is 12.2 Å². The largest absolute Gasteiger partial charge is 0.493 e. The zero-order valence-corrected chi connectivity index (χ0v) is 9.24. The molecule has 86 valence electrons. The van der Waals surface area contributed by atoms with Gasteiger partial charge in [0.2, 0.25) is 0 Å². The molecule has 4 nitrogen and oxygen atoms in total. The van der Waals surface area contributed by atoms with Gasteiger partial charge in [-0.2, -0.15) is 0 Å². The Morgan fingerprint density at radius 3 is 2.88 bits per heavy atom. The summed E-state index contributed by atoms with van der Waals surface area (Å²) in [4.78, 5) is 20.9. The molecule has 0 aliphatic rings. The van der Waals surface area contributed by atoms with Crippen LogP contribution in [0.2, 0.25) is 5.02 Å². The zero-order chi connectivity index (χ0) is 12.0. The molecule has 16 heavy (non-hydrogen) atoms. The Labute approximate surface area is 97.8 Å². The SMILES string of the molecule is O=Cc1cc(Cl)ccc1OCCCC(=O)O. The van der Waals surface area contributed by atoms with Gasteiger partial charge in [-0.25, -0.2) is 0 Å². The maximum absolute atomic E-state index is 10.7. The third-order valence-electron chi connectivity index (χ3n) is 1.89. The van der Waals surface area contributed by atoms with E-state index in [1.165, 1.54) is 6.07 Å². The predicted molar refractivity (Wildman–Crippen MR) is 59.2 cm³/mol. The molecule has 0 radical (unpaired) electrons. The fourth-order valence-corrected chi connectivity index (χ4v) is 1.33. The van der Waals surface area contributed by atoms with Gasteiger partial charge in [0.15, 0.2) is 6.29 Å². The highest BCUT2D eigenvalue weighted by Gasteiger charge is 2.04. The van der Waals surface area contributed by atoms with Crippen molar-refractivity contribution >= 4 is 23.9 Å². The number of rotatable bonds is 6. The first-order valence-electron chi connectivity index (χ1n) is 4.73. The molecule has 0 aliphatic heterocycles. The standard InChI is InChI=1S/C11H11ClO4/c12-9-3-4-10(8(6-9)7-13)16-5-1-2-11(14)15/h3-4,6-7H,1-2,5H2,(H,14,15). The van der Waals surface area contributed by atoms with E-state index in [1.54, 1.807) is 12.1 Å². The first-order chi connectivity index (χ1) is 7.63. The van der Waals surface area contributed by atoms with Crippen LogP contribution in [0.1, 0.15) is 23.2 Å². The summed E-state index contributed by atoms with van der Waals surface area (Å²) in [7, 11) is 0. The van der Waals surface area contributed by atoms with E-state index in [9.17, 15) is 9.59 Å². The molecule has 1 rings (SSSR count). The minimum absolute atomic E-state index is 0.0456. The highest BCUT2D eigenvalue weighted by molar-refractivity contribution is 6.30. The smallest absolute Gasteiger partial charge is 0.303 e. The number of carboxylic acids is 1. The maximum atomic E-state index is 10.7. The number of carboxylic acid groups (broad SMARTS) is 1. The molecule has 1 aromatic carbocycles. The Hall–Kier alpha value is -1.55. The van der Waals surface area contributed by atoms with Crippen molar-refractivity contribution in [3.8, 4) is 5.75 Å². The topological polar surface area (TPSA) is 63.6 Å². The monoisotopic (exact) mass is 242 g/mol. The number of halogens is 1. The number of hydrogen-bond acceptors (Lipinski definition) is 3. The number of hydrogen-bond donors (Lipinski definition) is 1. The van der Waals surface area contributed by atoms with Crippen LogP contribution in [-0.2, 0) is 4.79 Å². The lowest BCUT2D eigenvalue weighted by molar-refractivity contribution is -0.137. The molecule has 0 heterocycles. The Bertz CT molecular complexity index is 390. The van der Waals surface area contributed by atoms with Crippen LogP contribution in [0.3, 0.4) is 0 Å². The number of aliphatic carboxylic acids is 1. The van der Waals surface area contributed by atoms with E-state index in [2.05, 4.69) is 0 Å². The van der Waals surface area contributed by atoms with Gasteiger partial charge in [-0.05, 0) is 24.6 Å². The summed E-state index contributed by atoms with van der Waals surface area (Å²) >= 11 is 5.71. The fourth-order valence-electron chi connectivity index (χ4n) is 1.15. The van der Waals surface area contributed by atoms with E-state index < -0.39 is 5.97 Å². The highest BCUT2D eigenvalue weighted by atomic mass is 35.5. The van der Waals surface area contributed by atoms with Crippen LogP contribution in [0, 0.1) is 0 Å². The third-order valence-corrected chi connectivity index (χ3v) is 2.13. The molecule has 0 saturated carbocycles. The van der Waals surface area contributed by atoms with Gasteiger partial charge >= 0.3 is 5.97 Å². The van der Waals surface area contributed by atoms with Gasteiger partial charge in [0, 0.05) is 11.4 Å². The zero-order valence-electron chi connectivity index (χ0n) is 8.48. The molecule has 0 atom stereocenters. The van der Waals surface area contributed by atoms with E-state index in [1.807, 2.05) is 0 Å². The normalized spacial score (nSPS) is 9.81. The summed E-state index contributed by atoms with van der Waals surface area (Å²) in [6, 6.07) is 4.70. The van der Waals surface area contributed by atoms with Crippen LogP contribution >= 0.6 is 11.6 Å². The van der Waals surface area contributed by atoms with E-state index in [0.29, 0.717) is 29.0 Å². The Morgan fingerprint density at radius 1 is 1.50 bits per heavy atom. The fraction of sp³-hybridized carbons (Fsp3) is 0.273. The molecule has 0 amide bonds. The Kier molecular flexibility index (Phi) is 4.79. The van der Waals surface area contributed by atoms with Crippen LogP contribution in [0.15, 0.2) is 18.2 Å². The van der Waals surface area contributed by atoms with Crippen molar-refractivity contribution in [2.24, 2.45) is 0 Å². The molecule has 0 aliphatic carbocycles. The van der Waals surface area contributed by atoms with E-state index in [0.717, 1.165) is 0 Å². The molecule has 0 saturated heterocycles. The lowest BCUT2D eigenvalue weighted by atomic mass is 10.2. The summed E-state index contributed by atoms with van der Waals surface area (Å²) in [6.45, 7) is 0.259. The molecule has 1 N–H and O–H groups in total. The maximum Gasteiger partial charge on any atom is 0.303 e. The van der Waals surface area contributed by atoms with Gasteiger partial charge in [0.1, 0.15) is 5.75 Å². The molecule has 0 bridgehead atoms. The van der Waals surface area contributed by atoms with Gasteiger partial charge in [-0.15, -0.1) is 0 Å². The molecule has 0 spiro atoms. The molecule has 5 heteroatoms. The summed E-state index contributed by atoms with van der Waals surface area (Å²) < 4.78 is 5.28. The molecule has 1 aromatic rings. The molecular formula is C11H11ClO4. The van der Waals surface area contributed by atoms with Crippen molar-refractivity contribution in [2.45, 2.75) is 12.8 Å². The number of benzene rings is 1. The predicted octanol–water partition coefficient (Wildman–Crippen LogP) is 2.40. The average molecular weight is 243 g/mol.